The van der Waals surface area contributed by atoms with E-state index >= 15 is 0 Å². The summed E-state index contributed by atoms with van der Waals surface area (Å²) in [5.41, 5.74) is 0. The maximum atomic E-state index is 9.89. The Hall–Kier alpha value is -0.120. The van der Waals surface area contributed by atoms with Crippen molar-refractivity contribution in [3.8, 4) is 0 Å². The summed E-state index contributed by atoms with van der Waals surface area (Å²) in [5, 5.41) is 9.89. The molecule has 1 fully saturated rings. The molecule has 1 rings (SSSR count). The minimum Gasteiger partial charge on any atom is -0.390 e. The van der Waals surface area contributed by atoms with E-state index in [9.17, 15) is 5.11 Å². The van der Waals surface area contributed by atoms with Gasteiger partial charge in [-0.15, -0.1) is 0 Å². The average molecular weight is 469 g/mol. The Bertz CT molecular complexity index is 400. The van der Waals surface area contributed by atoms with Crippen molar-refractivity contribution >= 4 is 0 Å². The first kappa shape index (κ1) is 30.9. The van der Waals surface area contributed by atoms with E-state index in [-0.39, 0.29) is 18.5 Å². The van der Waals surface area contributed by atoms with Gasteiger partial charge in [-0.05, 0) is 32.1 Å². The van der Waals surface area contributed by atoms with E-state index in [4.69, 9.17) is 9.47 Å². The van der Waals surface area contributed by atoms with Crippen LogP contribution in [0, 0.1) is 5.92 Å². The minimum atomic E-state index is -0.329. The highest BCUT2D eigenvalue weighted by molar-refractivity contribution is 4.72. The molecule has 0 aliphatic carbocycles. The van der Waals surface area contributed by atoms with Crippen LogP contribution in [0.25, 0.3) is 0 Å². The van der Waals surface area contributed by atoms with Crippen molar-refractivity contribution in [2.75, 3.05) is 6.61 Å². The Morgan fingerprint density at radius 3 is 1.52 bits per heavy atom. The van der Waals surface area contributed by atoms with Crippen molar-refractivity contribution in [3.05, 3.63) is 0 Å². The Morgan fingerprint density at radius 1 is 0.667 bits per heavy atom. The Morgan fingerprint density at radius 2 is 1.09 bits per heavy atom. The van der Waals surface area contributed by atoms with Crippen LogP contribution in [0.1, 0.15) is 162 Å². The molecular weight excluding hydrogens is 408 g/mol. The molecule has 0 aromatic carbocycles. The van der Waals surface area contributed by atoms with Crippen LogP contribution in [0.3, 0.4) is 0 Å². The Labute approximate surface area is 207 Å². The van der Waals surface area contributed by atoms with E-state index in [1.807, 2.05) is 6.92 Å². The molecule has 3 nitrogen and oxygen atoms in total. The van der Waals surface area contributed by atoms with Gasteiger partial charge in [-0.25, -0.2) is 0 Å². The van der Waals surface area contributed by atoms with Gasteiger partial charge in [0.1, 0.15) is 0 Å². The summed E-state index contributed by atoms with van der Waals surface area (Å²) in [5.74, 6) is 0.671. The lowest BCUT2D eigenvalue weighted by molar-refractivity contribution is -0.221. The van der Waals surface area contributed by atoms with Crippen LogP contribution in [0.5, 0.6) is 0 Å². The molecule has 0 spiro atoms. The van der Waals surface area contributed by atoms with Crippen molar-refractivity contribution in [2.24, 2.45) is 5.92 Å². The lowest BCUT2D eigenvalue weighted by Crippen LogP contribution is -2.38. The highest BCUT2D eigenvalue weighted by atomic mass is 16.7. The summed E-state index contributed by atoms with van der Waals surface area (Å²) in [6.07, 6.45) is 28.8. The van der Waals surface area contributed by atoms with E-state index < -0.39 is 0 Å². The van der Waals surface area contributed by atoms with Crippen molar-refractivity contribution in [2.45, 2.75) is 181 Å². The third-order valence-corrected chi connectivity index (χ3v) is 7.56. The van der Waals surface area contributed by atoms with Gasteiger partial charge >= 0.3 is 0 Å². The predicted molar refractivity (Wildman–Crippen MR) is 143 cm³/mol. The maximum Gasteiger partial charge on any atom is 0.158 e. The summed E-state index contributed by atoms with van der Waals surface area (Å²) in [7, 11) is 0. The molecule has 1 heterocycles. The highest BCUT2D eigenvalue weighted by Gasteiger charge is 2.27. The fourth-order valence-corrected chi connectivity index (χ4v) is 5.10. The molecule has 33 heavy (non-hydrogen) atoms. The molecule has 0 aromatic rings. The van der Waals surface area contributed by atoms with Gasteiger partial charge in [0.2, 0.25) is 0 Å². The second-order valence-corrected chi connectivity index (χ2v) is 10.8. The van der Waals surface area contributed by atoms with E-state index in [1.165, 1.54) is 128 Å². The van der Waals surface area contributed by atoms with Crippen LogP contribution in [0.4, 0.5) is 0 Å². The van der Waals surface area contributed by atoms with E-state index in [1.54, 1.807) is 0 Å². The summed E-state index contributed by atoms with van der Waals surface area (Å²) >= 11 is 0. The lowest BCUT2D eigenvalue weighted by Gasteiger charge is -2.32. The third kappa shape index (κ3) is 17.9. The molecule has 0 aromatic heterocycles. The van der Waals surface area contributed by atoms with Gasteiger partial charge in [-0.1, -0.05) is 129 Å². The molecule has 1 aliphatic heterocycles. The van der Waals surface area contributed by atoms with Gasteiger partial charge in [-0.2, -0.15) is 0 Å². The zero-order valence-corrected chi connectivity index (χ0v) is 22.8. The molecule has 198 valence electrons. The Kier molecular flexibility index (Phi) is 20.9. The first-order valence-electron chi connectivity index (χ1n) is 15.1. The second kappa shape index (κ2) is 22.4. The molecule has 1 saturated heterocycles. The summed E-state index contributed by atoms with van der Waals surface area (Å²) < 4.78 is 12.1. The fraction of sp³-hybridized carbons (Fsp3) is 1.00. The van der Waals surface area contributed by atoms with Crippen molar-refractivity contribution in [3.63, 3.8) is 0 Å². The minimum absolute atomic E-state index is 0.100. The highest BCUT2D eigenvalue weighted by Crippen LogP contribution is 2.24. The molecule has 1 N–H and O–H groups in total. The lowest BCUT2D eigenvalue weighted by atomic mass is 9.94. The summed E-state index contributed by atoms with van der Waals surface area (Å²) in [6.45, 7) is 7.38. The van der Waals surface area contributed by atoms with Crippen LogP contribution in [0.15, 0.2) is 0 Å². The number of ether oxygens (including phenoxy) is 2. The molecule has 0 saturated carbocycles. The molecule has 1 aliphatic rings. The van der Waals surface area contributed by atoms with Gasteiger partial charge in [0.15, 0.2) is 6.29 Å². The van der Waals surface area contributed by atoms with Crippen LogP contribution < -0.4 is 0 Å². The monoisotopic (exact) mass is 468 g/mol. The fourth-order valence-electron chi connectivity index (χ4n) is 5.10. The van der Waals surface area contributed by atoms with Crippen LogP contribution in [-0.2, 0) is 9.47 Å². The smallest absolute Gasteiger partial charge is 0.158 e. The zero-order chi connectivity index (χ0) is 24.0. The van der Waals surface area contributed by atoms with Gasteiger partial charge < -0.3 is 14.6 Å². The SMILES string of the molecule is CCCCCCCCCCCCC(CCCCCCCCCC)COC1CCC(O)[C@H](C)O1. The van der Waals surface area contributed by atoms with Crippen molar-refractivity contribution in [1.29, 1.82) is 0 Å². The maximum absolute atomic E-state index is 9.89. The first-order valence-corrected chi connectivity index (χ1v) is 15.1. The normalized spacial score (nSPS) is 22.0. The number of unbranched alkanes of at least 4 members (excludes halogenated alkanes) is 16. The van der Waals surface area contributed by atoms with E-state index in [0.717, 1.165) is 19.4 Å². The van der Waals surface area contributed by atoms with Gasteiger partial charge in [0, 0.05) is 6.42 Å². The molecule has 3 unspecified atom stereocenters. The largest absolute Gasteiger partial charge is 0.390 e. The van der Waals surface area contributed by atoms with Crippen LogP contribution in [0.2, 0.25) is 0 Å². The number of aliphatic hydroxyl groups is 1. The van der Waals surface area contributed by atoms with Crippen molar-refractivity contribution < 1.29 is 14.6 Å². The molecule has 0 radical (unpaired) electrons. The molecule has 0 amide bonds. The van der Waals surface area contributed by atoms with Crippen LogP contribution in [-0.4, -0.2) is 30.2 Å². The van der Waals surface area contributed by atoms with Gasteiger partial charge in [0.25, 0.3) is 0 Å². The third-order valence-electron chi connectivity index (χ3n) is 7.56. The molecule has 0 bridgehead atoms. The predicted octanol–water partition coefficient (Wildman–Crippen LogP) is 9.35. The second-order valence-electron chi connectivity index (χ2n) is 10.8. The molecule has 4 atom stereocenters. The summed E-state index contributed by atoms with van der Waals surface area (Å²) in [6, 6.07) is 0. The van der Waals surface area contributed by atoms with Gasteiger partial charge in [-0.3, -0.25) is 0 Å². The van der Waals surface area contributed by atoms with Gasteiger partial charge in [0.05, 0.1) is 18.8 Å². The quantitative estimate of drug-likeness (QED) is 0.152. The number of rotatable bonds is 23. The zero-order valence-electron chi connectivity index (χ0n) is 22.8. The molecular formula is C30H60O3. The number of hydrogen-bond donors (Lipinski definition) is 1. The van der Waals surface area contributed by atoms with Crippen molar-refractivity contribution in [1.82, 2.24) is 0 Å². The van der Waals surface area contributed by atoms with E-state index in [0.29, 0.717) is 5.92 Å². The topological polar surface area (TPSA) is 38.7 Å². The number of hydrogen-bond acceptors (Lipinski definition) is 3. The Balaban J connectivity index is 2.18. The standard InChI is InChI=1S/C30H60O3/c1-4-6-8-10-12-14-15-17-19-21-23-28(22-20-18-16-13-11-9-7-5-2)26-32-30-25-24-29(31)27(3)33-30/h27-31H,4-26H2,1-3H3/t27-,28?,29?,30?/m0/s1. The summed E-state index contributed by atoms with van der Waals surface area (Å²) in [4.78, 5) is 0. The van der Waals surface area contributed by atoms with E-state index in [2.05, 4.69) is 13.8 Å². The molecule has 3 heteroatoms. The average Bonchev–Trinajstić information content (AvgIpc) is 2.82. The number of aliphatic hydroxyl groups excluding tert-OH is 1. The first-order chi connectivity index (χ1) is 16.2. The van der Waals surface area contributed by atoms with Crippen LogP contribution >= 0.6 is 0 Å².